The molecule has 1 aliphatic rings. The Hall–Kier alpha value is -2.94. The molecule has 0 saturated carbocycles. The van der Waals surface area contributed by atoms with Crippen molar-refractivity contribution in [1.29, 1.82) is 5.26 Å². The molecular formula is C21H22FN3O2. The van der Waals surface area contributed by atoms with Gasteiger partial charge in [-0.25, -0.2) is 4.39 Å². The molecule has 1 aromatic heterocycles. The van der Waals surface area contributed by atoms with Crippen LogP contribution < -0.4 is 5.56 Å². The van der Waals surface area contributed by atoms with Gasteiger partial charge in [0, 0.05) is 12.1 Å². The number of piperidine rings is 1. The summed E-state index contributed by atoms with van der Waals surface area (Å²) in [5, 5.41) is 9.20. The Kier molecular flexibility index (Phi) is 5.41. The normalized spacial score (nSPS) is 19.6. The molecule has 0 spiro atoms. The predicted octanol–water partition coefficient (Wildman–Crippen LogP) is 3.32. The Morgan fingerprint density at radius 2 is 1.78 bits per heavy atom. The zero-order valence-electron chi connectivity index (χ0n) is 15.5. The van der Waals surface area contributed by atoms with Crippen molar-refractivity contribution < 1.29 is 9.18 Å². The van der Waals surface area contributed by atoms with Crippen molar-refractivity contribution in [3.8, 4) is 17.3 Å². The van der Waals surface area contributed by atoms with Crippen molar-refractivity contribution >= 4 is 5.91 Å². The number of pyridine rings is 1. The van der Waals surface area contributed by atoms with Crippen molar-refractivity contribution in [2.45, 2.75) is 51.7 Å². The summed E-state index contributed by atoms with van der Waals surface area (Å²) in [4.78, 5) is 27.6. The molecule has 27 heavy (non-hydrogen) atoms. The van der Waals surface area contributed by atoms with Crippen LogP contribution in [0.3, 0.4) is 0 Å². The van der Waals surface area contributed by atoms with Gasteiger partial charge in [0.1, 0.15) is 24.0 Å². The maximum Gasteiger partial charge on any atom is 0.269 e. The summed E-state index contributed by atoms with van der Waals surface area (Å²) < 4.78 is 14.6. The highest BCUT2D eigenvalue weighted by molar-refractivity contribution is 5.78. The summed E-state index contributed by atoms with van der Waals surface area (Å²) in [6.45, 7) is 3.89. The summed E-state index contributed by atoms with van der Waals surface area (Å²) in [7, 11) is 0. The molecule has 140 valence electrons. The van der Waals surface area contributed by atoms with Gasteiger partial charge in [-0.3, -0.25) is 14.2 Å². The summed E-state index contributed by atoms with van der Waals surface area (Å²) >= 11 is 0. The van der Waals surface area contributed by atoms with Crippen molar-refractivity contribution in [2.75, 3.05) is 0 Å². The lowest BCUT2D eigenvalue weighted by Gasteiger charge is -2.39. The van der Waals surface area contributed by atoms with Crippen LogP contribution in [0, 0.1) is 17.1 Å². The van der Waals surface area contributed by atoms with E-state index in [4.69, 9.17) is 0 Å². The molecule has 3 rings (SSSR count). The molecule has 5 nitrogen and oxygen atoms in total. The molecule has 2 atom stereocenters. The second-order valence-electron chi connectivity index (χ2n) is 7.07. The lowest BCUT2D eigenvalue weighted by molar-refractivity contribution is -0.137. The first-order valence-electron chi connectivity index (χ1n) is 9.13. The molecule has 0 bridgehead atoms. The number of aromatic nitrogens is 1. The predicted molar refractivity (Wildman–Crippen MR) is 100 cm³/mol. The molecule has 1 amide bonds. The Bertz CT molecular complexity index is 933. The van der Waals surface area contributed by atoms with E-state index in [1.165, 1.54) is 22.8 Å². The van der Waals surface area contributed by atoms with E-state index in [1.54, 1.807) is 18.2 Å². The SMILES string of the molecule is C[C@@H]1CCC[C@H](C)N1C(=O)Cn1c(-c2ccc(F)cc2)ccc(C#N)c1=O. The van der Waals surface area contributed by atoms with Gasteiger partial charge in [-0.2, -0.15) is 5.26 Å². The molecule has 0 N–H and O–H groups in total. The van der Waals surface area contributed by atoms with Gasteiger partial charge in [0.05, 0.1) is 5.69 Å². The fourth-order valence-corrected chi connectivity index (χ4v) is 3.82. The highest BCUT2D eigenvalue weighted by Crippen LogP contribution is 2.24. The molecule has 6 heteroatoms. The highest BCUT2D eigenvalue weighted by atomic mass is 19.1. The van der Waals surface area contributed by atoms with Crippen molar-refractivity contribution in [1.82, 2.24) is 9.47 Å². The zero-order chi connectivity index (χ0) is 19.6. The molecule has 1 aromatic carbocycles. The number of hydrogen-bond donors (Lipinski definition) is 0. The Morgan fingerprint density at radius 1 is 1.15 bits per heavy atom. The van der Waals surface area contributed by atoms with E-state index in [0.717, 1.165) is 19.3 Å². The monoisotopic (exact) mass is 367 g/mol. The summed E-state index contributed by atoms with van der Waals surface area (Å²) in [5.74, 6) is -0.524. The van der Waals surface area contributed by atoms with Gasteiger partial charge >= 0.3 is 0 Å². The molecule has 1 aliphatic heterocycles. The van der Waals surface area contributed by atoms with Crippen molar-refractivity contribution in [3.05, 3.63) is 58.1 Å². The number of halogens is 1. The number of amides is 1. The van der Waals surface area contributed by atoms with Crippen LogP contribution in [0.1, 0.15) is 38.7 Å². The van der Waals surface area contributed by atoms with Crippen molar-refractivity contribution in [2.24, 2.45) is 0 Å². The second kappa shape index (κ2) is 7.75. The Balaban J connectivity index is 2.02. The number of hydrogen-bond acceptors (Lipinski definition) is 3. The maximum atomic E-state index is 13.3. The first kappa shape index (κ1) is 18.8. The minimum Gasteiger partial charge on any atom is -0.336 e. The summed E-state index contributed by atoms with van der Waals surface area (Å²) in [5.41, 5.74) is 0.577. The molecule has 1 fully saturated rings. The van der Waals surface area contributed by atoms with Crippen LogP contribution in [0.5, 0.6) is 0 Å². The van der Waals surface area contributed by atoms with E-state index >= 15 is 0 Å². The number of carbonyl (C=O) groups excluding carboxylic acids is 1. The van der Waals surface area contributed by atoms with E-state index in [0.29, 0.717) is 11.3 Å². The van der Waals surface area contributed by atoms with E-state index in [1.807, 2.05) is 24.8 Å². The second-order valence-corrected chi connectivity index (χ2v) is 7.07. The van der Waals surface area contributed by atoms with Gasteiger partial charge in [-0.15, -0.1) is 0 Å². The Morgan fingerprint density at radius 3 is 2.37 bits per heavy atom. The zero-order valence-corrected chi connectivity index (χ0v) is 15.5. The quantitative estimate of drug-likeness (QED) is 0.836. The van der Waals surface area contributed by atoms with Crippen LogP contribution in [0.4, 0.5) is 4.39 Å². The molecular weight excluding hydrogens is 345 g/mol. The van der Waals surface area contributed by atoms with E-state index in [-0.39, 0.29) is 35.9 Å². The summed E-state index contributed by atoms with van der Waals surface area (Å²) in [6.07, 6.45) is 2.96. The molecule has 0 radical (unpaired) electrons. The fourth-order valence-electron chi connectivity index (χ4n) is 3.82. The lowest BCUT2D eigenvalue weighted by Crippen LogP contribution is -2.49. The maximum absolute atomic E-state index is 13.3. The first-order valence-corrected chi connectivity index (χ1v) is 9.13. The van der Waals surface area contributed by atoms with Gasteiger partial charge < -0.3 is 4.90 Å². The number of likely N-dealkylation sites (tertiary alicyclic amines) is 1. The van der Waals surface area contributed by atoms with Crippen LogP contribution in [-0.2, 0) is 11.3 Å². The number of rotatable bonds is 3. The van der Waals surface area contributed by atoms with Gasteiger partial charge in [-0.1, -0.05) is 0 Å². The molecule has 2 heterocycles. The third-order valence-corrected chi connectivity index (χ3v) is 5.21. The topological polar surface area (TPSA) is 66.1 Å². The number of nitrogens with zero attached hydrogens (tertiary/aromatic N) is 3. The standard InChI is InChI=1S/C21H22FN3O2/c1-14-4-3-5-15(2)25(14)20(26)13-24-19(11-8-17(12-23)21(24)27)16-6-9-18(22)10-7-16/h6-11,14-15H,3-5,13H2,1-2H3/t14-,15+. The molecule has 2 aromatic rings. The Labute approximate surface area is 157 Å². The third-order valence-electron chi connectivity index (χ3n) is 5.21. The lowest BCUT2D eigenvalue weighted by atomic mass is 9.97. The van der Waals surface area contributed by atoms with Gasteiger partial charge in [0.15, 0.2) is 0 Å². The van der Waals surface area contributed by atoms with E-state index < -0.39 is 5.56 Å². The highest BCUT2D eigenvalue weighted by Gasteiger charge is 2.29. The van der Waals surface area contributed by atoms with Crippen LogP contribution in [0.15, 0.2) is 41.2 Å². The number of benzene rings is 1. The van der Waals surface area contributed by atoms with Crippen LogP contribution >= 0.6 is 0 Å². The average molecular weight is 367 g/mol. The van der Waals surface area contributed by atoms with Gasteiger partial charge in [0.2, 0.25) is 5.91 Å². The van der Waals surface area contributed by atoms with Crippen LogP contribution in [0.2, 0.25) is 0 Å². The van der Waals surface area contributed by atoms with Crippen LogP contribution in [-0.4, -0.2) is 27.5 Å². The average Bonchev–Trinajstić information content (AvgIpc) is 2.64. The minimum absolute atomic E-state index is 0.0200. The number of nitriles is 1. The van der Waals surface area contributed by atoms with Crippen molar-refractivity contribution in [3.63, 3.8) is 0 Å². The number of carbonyl (C=O) groups is 1. The smallest absolute Gasteiger partial charge is 0.269 e. The fraction of sp³-hybridized carbons (Fsp3) is 0.381. The summed E-state index contributed by atoms with van der Waals surface area (Å²) in [6, 6.07) is 10.9. The minimum atomic E-state index is -0.509. The third kappa shape index (κ3) is 3.77. The van der Waals surface area contributed by atoms with Crippen LogP contribution in [0.25, 0.3) is 11.3 Å². The largest absolute Gasteiger partial charge is 0.336 e. The first-order chi connectivity index (χ1) is 12.9. The van der Waals surface area contributed by atoms with E-state index in [2.05, 4.69) is 0 Å². The van der Waals surface area contributed by atoms with E-state index in [9.17, 15) is 19.2 Å². The van der Waals surface area contributed by atoms with Gasteiger partial charge in [0.25, 0.3) is 5.56 Å². The molecule has 1 saturated heterocycles. The molecule has 0 unspecified atom stereocenters. The molecule has 0 aliphatic carbocycles. The van der Waals surface area contributed by atoms with Gasteiger partial charge in [-0.05, 0) is 75.1 Å².